The van der Waals surface area contributed by atoms with Gasteiger partial charge in [-0.2, -0.15) is 0 Å². The molecule has 2 aliphatic heterocycles. The maximum Gasteiger partial charge on any atom is 0.223 e. The van der Waals surface area contributed by atoms with Gasteiger partial charge in [0.15, 0.2) is 0 Å². The zero-order valence-corrected chi connectivity index (χ0v) is 15.0. The monoisotopic (exact) mass is 322 g/mol. The molecule has 1 atom stereocenters. The Balaban J connectivity index is 1.40. The van der Waals surface area contributed by atoms with Crippen LogP contribution in [0.2, 0.25) is 0 Å². The molecule has 2 heterocycles. The van der Waals surface area contributed by atoms with Crippen LogP contribution in [0.1, 0.15) is 71.6 Å². The van der Waals surface area contributed by atoms with Crippen LogP contribution in [0.25, 0.3) is 0 Å². The summed E-state index contributed by atoms with van der Waals surface area (Å²) in [5, 5.41) is 3.06. The standard InChI is InChI=1S/C19H34N2O2/c1-15(2)20-18(22)16-7-12-21(13-8-16)14-17-6-11-19(23-17)9-4-3-5-10-19/h15-17H,3-14H2,1-2H3,(H,20,22)/t17-/m0/s1. The molecule has 1 aliphatic carbocycles. The summed E-state index contributed by atoms with van der Waals surface area (Å²) in [6, 6.07) is 0.249. The molecule has 23 heavy (non-hydrogen) atoms. The lowest BCUT2D eigenvalue weighted by Crippen LogP contribution is -2.44. The number of ether oxygens (including phenoxy) is 1. The number of amides is 1. The van der Waals surface area contributed by atoms with Crippen molar-refractivity contribution in [3.8, 4) is 0 Å². The number of piperidine rings is 1. The number of nitrogens with one attached hydrogen (secondary N) is 1. The Morgan fingerprint density at radius 3 is 2.48 bits per heavy atom. The third kappa shape index (κ3) is 4.48. The molecule has 0 aromatic heterocycles. The molecule has 4 heteroatoms. The Morgan fingerprint density at radius 2 is 1.83 bits per heavy atom. The van der Waals surface area contributed by atoms with E-state index in [1.165, 1.54) is 44.9 Å². The first kappa shape index (κ1) is 17.2. The molecule has 0 unspecified atom stereocenters. The third-order valence-corrected chi connectivity index (χ3v) is 5.95. The summed E-state index contributed by atoms with van der Waals surface area (Å²) < 4.78 is 6.50. The fourth-order valence-corrected chi connectivity index (χ4v) is 4.66. The summed E-state index contributed by atoms with van der Waals surface area (Å²) in [5.74, 6) is 0.459. The third-order valence-electron chi connectivity index (χ3n) is 5.95. The lowest BCUT2D eigenvalue weighted by atomic mass is 9.83. The maximum atomic E-state index is 12.1. The Hall–Kier alpha value is -0.610. The van der Waals surface area contributed by atoms with E-state index in [9.17, 15) is 4.79 Å². The molecule has 3 rings (SSSR count). The first-order valence-corrected chi connectivity index (χ1v) is 9.77. The predicted molar refractivity (Wildman–Crippen MR) is 92.4 cm³/mol. The van der Waals surface area contributed by atoms with Gasteiger partial charge in [-0.05, 0) is 65.5 Å². The number of likely N-dealkylation sites (tertiary alicyclic amines) is 1. The topological polar surface area (TPSA) is 41.6 Å². The number of hydrogen-bond acceptors (Lipinski definition) is 3. The van der Waals surface area contributed by atoms with Gasteiger partial charge in [0.1, 0.15) is 0 Å². The van der Waals surface area contributed by atoms with E-state index < -0.39 is 0 Å². The summed E-state index contributed by atoms with van der Waals surface area (Å²) in [7, 11) is 0. The van der Waals surface area contributed by atoms with E-state index in [0.29, 0.717) is 6.10 Å². The molecule has 1 N–H and O–H groups in total. The van der Waals surface area contributed by atoms with Crippen LogP contribution in [-0.2, 0) is 9.53 Å². The first-order chi connectivity index (χ1) is 11.1. The lowest BCUT2D eigenvalue weighted by molar-refractivity contribution is -0.127. The molecule has 4 nitrogen and oxygen atoms in total. The number of hydrogen-bond donors (Lipinski definition) is 1. The van der Waals surface area contributed by atoms with Crippen molar-refractivity contribution in [1.82, 2.24) is 10.2 Å². The fraction of sp³-hybridized carbons (Fsp3) is 0.947. The largest absolute Gasteiger partial charge is 0.370 e. The Kier molecular flexibility index (Phi) is 5.63. The van der Waals surface area contributed by atoms with Crippen LogP contribution in [0.5, 0.6) is 0 Å². The van der Waals surface area contributed by atoms with E-state index in [4.69, 9.17) is 4.74 Å². The molecule has 2 saturated heterocycles. The van der Waals surface area contributed by atoms with Crippen molar-refractivity contribution in [1.29, 1.82) is 0 Å². The van der Waals surface area contributed by atoms with Crippen molar-refractivity contribution in [2.75, 3.05) is 19.6 Å². The normalized spacial score (nSPS) is 29.3. The van der Waals surface area contributed by atoms with E-state index in [-0.39, 0.29) is 23.5 Å². The molecule has 3 fully saturated rings. The molecule has 1 saturated carbocycles. The Bertz CT molecular complexity index is 396. The minimum absolute atomic E-state index is 0.211. The second-order valence-electron chi connectivity index (χ2n) is 8.26. The summed E-state index contributed by atoms with van der Waals surface area (Å²) in [6.07, 6.45) is 11.6. The van der Waals surface area contributed by atoms with Gasteiger partial charge in [-0.15, -0.1) is 0 Å². The van der Waals surface area contributed by atoms with Crippen molar-refractivity contribution in [2.45, 2.75) is 89.4 Å². The molecular formula is C19H34N2O2. The van der Waals surface area contributed by atoms with Crippen molar-refractivity contribution < 1.29 is 9.53 Å². The van der Waals surface area contributed by atoms with E-state index in [2.05, 4.69) is 10.2 Å². The Labute approximate surface area is 141 Å². The van der Waals surface area contributed by atoms with Gasteiger partial charge in [-0.25, -0.2) is 0 Å². The summed E-state index contributed by atoms with van der Waals surface area (Å²) in [4.78, 5) is 14.6. The van der Waals surface area contributed by atoms with Crippen LogP contribution < -0.4 is 5.32 Å². The lowest BCUT2D eigenvalue weighted by Gasteiger charge is -2.36. The van der Waals surface area contributed by atoms with Crippen LogP contribution in [0.3, 0.4) is 0 Å². The van der Waals surface area contributed by atoms with Gasteiger partial charge in [0.05, 0.1) is 11.7 Å². The van der Waals surface area contributed by atoms with E-state index in [0.717, 1.165) is 32.5 Å². The van der Waals surface area contributed by atoms with Crippen molar-refractivity contribution >= 4 is 5.91 Å². The average Bonchev–Trinajstić information content (AvgIpc) is 2.90. The zero-order valence-electron chi connectivity index (χ0n) is 15.0. The average molecular weight is 322 g/mol. The van der Waals surface area contributed by atoms with Gasteiger partial charge < -0.3 is 15.0 Å². The molecule has 1 amide bonds. The molecule has 0 bridgehead atoms. The van der Waals surface area contributed by atoms with Crippen LogP contribution in [0.15, 0.2) is 0 Å². The fourth-order valence-electron chi connectivity index (χ4n) is 4.66. The first-order valence-electron chi connectivity index (χ1n) is 9.77. The molecule has 0 aromatic rings. The summed E-state index contributed by atoms with van der Waals surface area (Å²) in [5.41, 5.74) is 0.235. The minimum atomic E-state index is 0.211. The van der Waals surface area contributed by atoms with Crippen molar-refractivity contribution in [3.05, 3.63) is 0 Å². The van der Waals surface area contributed by atoms with Crippen molar-refractivity contribution in [2.24, 2.45) is 5.92 Å². The predicted octanol–water partition coefficient (Wildman–Crippen LogP) is 3.10. The molecule has 132 valence electrons. The maximum absolute atomic E-state index is 12.1. The van der Waals surface area contributed by atoms with Crippen LogP contribution >= 0.6 is 0 Å². The minimum Gasteiger partial charge on any atom is -0.370 e. The molecule has 3 aliphatic rings. The number of carbonyl (C=O) groups excluding carboxylic acids is 1. The Morgan fingerprint density at radius 1 is 1.13 bits per heavy atom. The van der Waals surface area contributed by atoms with Crippen LogP contribution in [0, 0.1) is 5.92 Å². The van der Waals surface area contributed by atoms with Crippen molar-refractivity contribution in [3.63, 3.8) is 0 Å². The second-order valence-corrected chi connectivity index (χ2v) is 8.26. The van der Waals surface area contributed by atoms with Gasteiger partial charge in [0.25, 0.3) is 0 Å². The van der Waals surface area contributed by atoms with Gasteiger partial charge >= 0.3 is 0 Å². The number of carbonyl (C=O) groups is 1. The van der Waals surface area contributed by atoms with Gasteiger partial charge in [-0.3, -0.25) is 4.79 Å². The quantitative estimate of drug-likeness (QED) is 0.865. The van der Waals surface area contributed by atoms with Gasteiger partial charge in [0.2, 0.25) is 5.91 Å². The van der Waals surface area contributed by atoms with Crippen LogP contribution in [0.4, 0.5) is 0 Å². The zero-order chi connectivity index (χ0) is 16.3. The SMILES string of the molecule is CC(C)NC(=O)C1CCN(C[C@@H]2CCC3(CCCCC3)O2)CC1. The van der Waals surface area contributed by atoms with E-state index in [1.807, 2.05) is 13.8 Å². The van der Waals surface area contributed by atoms with Crippen LogP contribution in [-0.4, -0.2) is 48.2 Å². The smallest absolute Gasteiger partial charge is 0.223 e. The second kappa shape index (κ2) is 7.52. The highest BCUT2D eigenvalue weighted by molar-refractivity contribution is 5.78. The molecular weight excluding hydrogens is 288 g/mol. The highest BCUT2D eigenvalue weighted by Gasteiger charge is 2.41. The molecule has 1 spiro atoms. The highest BCUT2D eigenvalue weighted by Crippen LogP contribution is 2.42. The van der Waals surface area contributed by atoms with Gasteiger partial charge in [-0.1, -0.05) is 19.3 Å². The van der Waals surface area contributed by atoms with E-state index >= 15 is 0 Å². The van der Waals surface area contributed by atoms with Gasteiger partial charge in [0, 0.05) is 18.5 Å². The highest BCUT2D eigenvalue weighted by atomic mass is 16.5. The molecule has 0 aromatic carbocycles. The molecule has 0 radical (unpaired) electrons. The summed E-state index contributed by atoms with van der Waals surface area (Å²) in [6.45, 7) is 7.23. The number of nitrogens with zero attached hydrogens (tertiary/aromatic N) is 1. The number of rotatable bonds is 4. The van der Waals surface area contributed by atoms with E-state index in [1.54, 1.807) is 0 Å². The summed E-state index contributed by atoms with van der Waals surface area (Å²) >= 11 is 0.